The maximum atomic E-state index is 2.52. The summed E-state index contributed by atoms with van der Waals surface area (Å²) in [5, 5.41) is 4.00. The van der Waals surface area contributed by atoms with Crippen molar-refractivity contribution in [1.29, 1.82) is 0 Å². The highest BCUT2D eigenvalue weighted by molar-refractivity contribution is 7.20. The zero-order chi connectivity index (χ0) is 27.4. The van der Waals surface area contributed by atoms with Gasteiger partial charge in [0, 0.05) is 54.2 Å². The first-order chi connectivity index (χ1) is 19.6. The number of para-hydroxylation sites is 2. The SMILES string of the molecule is CC=Cc1sc2ccc(-n3c(C)c(C=CCC)c4c3CCC(n3c5ccccc5c5ccccc53)=C4)cc2c1C. The van der Waals surface area contributed by atoms with Crippen molar-refractivity contribution in [3.63, 3.8) is 0 Å². The van der Waals surface area contributed by atoms with Gasteiger partial charge in [-0.1, -0.05) is 61.5 Å². The van der Waals surface area contributed by atoms with Crippen LogP contribution in [0.3, 0.4) is 0 Å². The van der Waals surface area contributed by atoms with Crippen molar-refractivity contribution in [2.75, 3.05) is 0 Å². The van der Waals surface area contributed by atoms with Crippen molar-refractivity contribution < 1.29 is 0 Å². The van der Waals surface area contributed by atoms with Gasteiger partial charge in [-0.3, -0.25) is 0 Å². The highest BCUT2D eigenvalue weighted by atomic mass is 32.1. The molecule has 3 aromatic carbocycles. The summed E-state index contributed by atoms with van der Waals surface area (Å²) in [5.41, 5.74) is 12.0. The summed E-state index contributed by atoms with van der Waals surface area (Å²) < 4.78 is 6.38. The van der Waals surface area contributed by atoms with E-state index in [1.165, 1.54) is 76.2 Å². The Morgan fingerprint density at radius 3 is 2.25 bits per heavy atom. The third-order valence-corrected chi connectivity index (χ3v) is 9.68. The fourth-order valence-corrected chi connectivity index (χ4v) is 7.73. The van der Waals surface area contributed by atoms with Crippen molar-refractivity contribution in [3.05, 3.63) is 112 Å². The number of aromatic nitrogens is 2. The molecule has 198 valence electrons. The summed E-state index contributed by atoms with van der Waals surface area (Å²) >= 11 is 1.88. The highest BCUT2D eigenvalue weighted by Crippen LogP contribution is 2.41. The minimum absolute atomic E-state index is 1.00. The van der Waals surface area contributed by atoms with Crippen LogP contribution in [-0.2, 0) is 6.42 Å². The molecule has 1 aliphatic carbocycles. The molecule has 0 fully saturated rings. The molecular weight excluding hydrogens is 504 g/mol. The number of aryl methyl sites for hydroxylation is 1. The van der Waals surface area contributed by atoms with Crippen LogP contribution in [0.2, 0.25) is 0 Å². The average molecular weight is 539 g/mol. The van der Waals surface area contributed by atoms with E-state index in [2.05, 4.69) is 134 Å². The fourth-order valence-electron chi connectivity index (χ4n) is 6.57. The molecule has 0 atom stereocenters. The maximum absolute atomic E-state index is 2.52. The molecular formula is C37H34N2S. The van der Waals surface area contributed by atoms with Crippen LogP contribution in [-0.4, -0.2) is 9.13 Å². The number of benzene rings is 3. The van der Waals surface area contributed by atoms with Gasteiger partial charge in [-0.2, -0.15) is 0 Å². The second kappa shape index (κ2) is 9.83. The van der Waals surface area contributed by atoms with Gasteiger partial charge in [0.25, 0.3) is 0 Å². The first kappa shape index (κ1) is 24.9. The van der Waals surface area contributed by atoms with Crippen molar-refractivity contribution in [2.24, 2.45) is 0 Å². The van der Waals surface area contributed by atoms with Gasteiger partial charge in [0.2, 0.25) is 0 Å². The zero-order valence-electron chi connectivity index (χ0n) is 23.7. The van der Waals surface area contributed by atoms with E-state index in [0.29, 0.717) is 0 Å². The lowest BCUT2D eigenvalue weighted by Gasteiger charge is -2.20. The summed E-state index contributed by atoms with van der Waals surface area (Å²) in [6, 6.07) is 24.7. The van der Waals surface area contributed by atoms with E-state index in [1.807, 2.05) is 11.3 Å². The Morgan fingerprint density at radius 2 is 1.55 bits per heavy atom. The number of nitrogens with zero attached hydrogens (tertiary/aromatic N) is 2. The number of allylic oxidation sites excluding steroid dienone is 3. The van der Waals surface area contributed by atoms with Crippen LogP contribution in [0, 0.1) is 13.8 Å². The Balaban J connectivity index is 1.45. The third-order valence-electron chi connectivity index (χ3n) is 8.45. The molecule has 6 aromatic rings. The molecule has 3 aromatic heterocycles. The monoisotopic (exact) mass is 538 g/mol. The van der Waals surface area contributed by atoms with E-state index in [4.69, 9.17) is 0 Å². The number of hydrogen-bond acceptors (Lipinski definition) is 1. The van der Waals surface area contributed by atoms with Gasteiger partial charge in [-0.15, -0.1) is 11.3 Å². The molecule has 0 saturated heterocycles. The molecule has 0 saturated carbocycles. The van der Waals surface area contributed by atoms with E-state index in [9.17, 15) is 0 Å². The maximum Gasteiger partial charge on any atom is 0.0537 e. The lowest BCUT2D eigenvalue weighted by atomic mass is 9.97. The Labute approximate surface area is 240 Å². The zero-order valence-corrected chi connectivity index (χ0v) is 24.5. The normalized spacial score (nSPS) is 13.8. The molecule has 3 heteroatoms. The molecule has 0 N–H and O–H groups in total. The lowest BCUT2D eigenvalue weighted by molar-refractivity contribution is 0.847. The second-order valence-corrected chi connectivity index (χ2v) is 11.9. The number of thiophene rings is 1. The molecule has 0 amide bonds. The number of rotatable bonds is 5. The minimum Gasteiger partial charge on any atom is -0.317 e. The van der Waals surface area contributed by atoms with Gasteiger partial charge in [-0.05, 0) is 93.5 Å². The van der Waals surface area contributed by atoms with Gasteiger partial charge in [-0.25, -0.2) is 0 Å². The second-order valence-electron chi connectivity index (χ2n) is 10.8. The summed E-state index contributed by atoms with van der Waals surface area (Å²) in [7, 11) is 0. The Kier molecular flexibility index (Phi) is 6.13. The molecule has 7 rings (SSSR count). The van der Waals surface area contributed by atoms with Gasteiger partial charge < -0.3 is 9.13 Å². The van der Waals surface area contributed by atoms with E-state index in [0.717, 1.165) is 19.3 Å². The summed E-state index contributed by atoms with van der Waals surface area (Å²) in [5.74, 6) is 0. The Bertz CT molecular complexity index is 1970. The Hall–Kier alpha value is -4.08. The molecule has 3 heterocycles. The smallest absolute Gasteiger partial charge is 0.0537 e. The lowest BCUT2D eigenvalue weighted by Crippen LogP contribution is -2.08. The fraction of sp³-hybridized carbons (Fsp3) is 0.189. The topological polar surface area (TPSA) is 9.86 Å². The predicted molar refractivity (Wildman–Crippen MR) is 177 cm³/mol. The van der Waals surface area contributed by atoms with Crippen LogP contribution < -0.4 is 0 Å². The Morgan fingerprint density at radius 1 is 0.825 bits per heavy atom. The summed E-state index contributed by atoms with van der Waals surface area (Å²) in [6.07, 6.45) is 14.5. The van der Waals surface area contributed by atoms with E-state index in [-0.39, 0.29) is 0 Å². The predicted octanol–water partition coefficient (Wildman–Crippen LogP) is 10.8. The molecule has 40 heavy (non-hydrogen) atoms. The molecule has 0 aliphatic heterocycles. The van der Waals surface area contributed by atoms with Crippen molar-refractivity contribution in [1.82, 2.24) is 9.13 Å². The summed E-state index contributed by atoms with van der Waals surface area (Å²) in [6.45, 7) is 8.85. The first-order valence-corrected chi connectivity index (χ1v) is 15.2. The van der Waals surface area contributed by atoms with Crippen molar-refractivity contribution in [2.45, 2.75) is 47.0 Å². The van der Waals surface area contributed by atoms with E-state index < -0.39 is 0 Å². The average Bonchev–Trinajstić information content (AvgIpc) is 3.58. The number of hydrogen-bond donors (Lipinski definition) is 0. The van der Waals surface area contributed by atoms with Crippen LogP contribution in [0.15, 0.2) is 78.9 Å². The molecule has 0 unspecified atom stereocenters. The van der Waals surface area contributed by atoms with Crippen LogP contribution in [0.4, 0.5) is 0 Å². The minimum atomic E-state index is 1.00. The third kappa shape index (κ3) is 3.76. The molecule has 0 spiro atoms. The molecule has 0 bridgehead atoms. The summed E-state index contributed by atoms with van der Waals surface area (Å²) in [4.78, 5) is 1.35. The first-order valence-electron chi connectivity index (χ1n) is 14.4. The van der Waals surface area contributed by atoms with Crippen LogP contribution >= 0.6 is 11.3 Å². The van der Waals surface area contributed by atoms with Gasteiger partial charge in [0.1, 0.15) is 0 Å². The van der Waals surface area contributed by atoms with Gasteiger partial charge >= 0.3 is 0 Å². The molecule has 1 aliphatic rings. The quantitative estimate of drug-likeness (QED) is 0.207. The highest BCUT2D eigenvalue weighted by Gasteiger charge is 2.25. The van der Waals surface area contributed by atoms with Gasteiger partial charge in [0.15, 0.2) is 0 Å². The van der Waals surface area contributed by atoms with Crippen LogP contribution in [0.5, 0.6) is 0 Å². The van der Waals surface area contributed by atoms with Gasteiger partial charge in [0.05, 0.1) is 11.0 Å². The van der Waals surface area contributed by atoms with Crippen molar-refractivity contribution in [3.8, 4) is 5.69 Å². The number of fused-ring (bicyclic) bond motifs is 5. The van der Waals surface area contributed by atoms with Crippen LogP contribution in [0.1, 0.15) is 59.6 Å². The van der Waals surface area contributed by atoms with Crippen molar-refractivity contribution >= 4 is 67.2 Å². The van der Waals surface area contributed by atoms with Crippen LogP contribution in [0.25, 0.3) is 61.5 Å². The van der Waals surface area contributed by atoms with E-state index in [1.54, 1.807) is 0 Å². The molecule has 0 radical (unpaired) electrons. The molecule has 2 nitrogen and oxygen atoms in total. The largest absolute Gasteiger partial charge is 0.317 e. The van der Waals surface area contributed by atoms with E-state index >= 15 is 0 Å². The standard InChI is InChI=1S/C37H34N2S/c1-5-7-13-28-25(4)38(26-19-21-37-31(22-26)24(3)36(40-37)12-6-2)35-20-18-27(23-32(28)35)39-33-16-10-8-14-29(33)30-15-9-11-17-34(30)39/h6-17,19,21-23H,5,18,20H2,1-4H3.